The van der Waals surface area contributed by atoms with Gasteiger partial charge in [0.1, 0.15) is 0 Å². The van der Waals surface area contributed by atoms with E-state index in [1.807, 2.05) is 0 Å². The van der Waals surface area contributed by atoms with Gasteiger partial charge in [0.15, 0.2) is 0 Å². The molecular formula is C10H22O2. The minimum absolute atomic E-state index is 0.139. The summed E-state index contributed by atoms with van der Waals surface area (Å²) in [5.41, 5.74) is 0.139. The van der Waals surface area contributed by atoms with Gasteiger partial charge in [-0.3, -0.25) is 0 Å². The fourth-order valence-corrected chi connectivity index (χ4v) is 0.798. The second-order valence-corrected chi connectivity index (χ2v) is 3.50. The van der Waals surface area contributed by atoms with Crippen molar-refractivity contribution in [3.63, 3.8) is 0 Å². The normalized spacial score (nSPS) is 19.0. The Morgan fingerprint density at radius 1 is 1.17 bits per heavy atom. The fourth-order valence-electron chi connectivity index (χ4n) is 0.798. The molecule has 1 saturated heterocycles. The molecule has 0 radical (unpaired) electrons. The number of ether oxygens (including phenoxy) is 1. The highest BCUT2D eigenvalue weighted by molar-refractivity contribution is 4.82. The van der Waals surface area contributed by atoms with Crippen molar-refractivity contribution in [2.24, 2.45) is 5.41 Å². The van der Waals surface area contributed by atoms with Gasteiger partial charge in [-0.25, -0.2) is 0 Å². The lowest BCUT2D eigenvalue weighted by atomic mass is 9.84. The van der Waals surface area contributed by atoms with E-state index < -0.39 is 0 Å². The van der Waals surface area contributed by atoms with E-state index in [1.54, 1.807) is 0 Å². The van der Waals surface area contributed by atoms with E-state index in [9.17, 15) is 0 Å². The summed E-state index contributed by atoms with van der Waals surface area (Å²) < 4.78 is 4.96. The average molecular weight is 174 g/mol. The van der Waals surface area contributed by atoms with E-state index in [1.165, 1.54) is 12.8 Å². The Morgan fingerprint density at radius 3 is 1.67 bits per heavy atom. The molecule has 0 unspecified atom stereocenters. The Balaban J connectivity index is 0.000000261. The van der Waals surface area contributed by atoms with Crippen molar-refractivity contribution < 1.29 is 9.84 Å². The summed E-state index contributed by atoms with van der Waals surface area (Å²) in [5.74, 6) is 0. The molecule has 2 nitrogen and oxygen atoms in total. The second-order valence-electron chi connectivity index (χ2n) is 3.50. The van der Waals surface area contributed by atoms with Crippen LogP contribution in [0.25, 0.3) is 0 Å². The van der Waals surface area contributed by atoms with Crippen LogP contribution >= 0.6 is 0 Å². The first kappa shape index (κ1) is 11.9. The molecule has 74 valence electrons. The maximum absolute atomic E-state index is 8.76. The van der Waals surface area contributed by atoms with Gasteiger partial charge in [-0.15, -0.1) is 0 Å². The highest BCUT2D eigenvalue weighted by Crippen LogP contribution is 2.29. The Morgan fingerprint density at radius 2 is 1.67 bits per heavy atom. The van der Waals surface area contributed by atoms with Gasteiger partial charge in [-0.1, -0.05) is 33.6 Å². The molecule has 0 amide bonds. The lowest BCUT2D eigenvalue weighted by molar-refractivity contribution is -0.138. The number of hydrogen-bond acceptors (Lipinski definition) is 2. The highest BCUT2D eigenvalue weighted by Gasteiger charge is 2.35. The minimum atomic E-state index is 0.139. The van der Waals surface area contributed by atoms with E-state index >= 15 is 0 Å². The van der Waals surface area contributed by atoms with Crippen LogP contribution in [0.3, 0.4) is 0 Å². The Bertz CT molecular complexity index is 82.5. The van der Waals surface area contributed by atoms with Crippen molar-refractivity contribution in [2.75, 3.05) is 19.8 Å². The highest BCUT2D eigenvalue weighted by atomic mass is 16.5. The molecule has 2 heteroatoms. The predicted molar refractivity (Wildman–Crippen MR) is 51.2 cm³/mol. The van der Waals surface area contributed by atoms with Gasteiger partial charge >= 0.3 is 0 Å². The molecule has 0 aromatic rings. The maximum Gasteiger partial charge on any atom is 0.0566 e. The summed E-state index contributed by atoms with van der Waals surface area (Å²) in [6, 6.07) is 0. The third-order valence-electron chi connectivity index (χ3n) is 2.40. The molecule has 1 N–H and O–H groups in total. The first-order valence-electron chi connectivity index (χ1n) is 4.93. The molecule has 1 aliphatic heterocycles. The van der Waals surface area contributed by atoms with Gasteiger partial charge in [0.05, 0.1) is 19.8 Å². The van der Waals surface area contributed by atoms with Crippen LogP contribution in [0, 0.1) is 5.41 Å². The van der Waals surface area contributed by atoms with Crippen LogP contribution < -0.4 is 0 Å². The fraction of sp³-hybridized carbons (Fsp3) is 1.00. The van der Waals surface area contributed by atoms with E-state index in [2.05, 4.69) is 20.8 Å². The molecule has 0 saturated carbocycles. The zero-order chi connectivity index (χ0) is 9.45. The number of aliphatic hydroxyl groups excluding tert-OH is 1. The van der Waals surface area contributed by atoms with Gasteiger partial charge in [0.25, 0.3) is 0 Å². The zero-order valence-corrected chi connectivity index (χ0v) is 8.60. The summed E-state index contributed by atoms with van der Waals surface area (Å²) in [6.07, 6.45) is 3.67. The summed E-state index contributed by atoms with van der Waals surface area (Å²) in [7, 11) is 0. The Hall–Kier alpha value is -0.0800. The van der Waals surface area contributed by atoms with Gasteiger partial charge in [-0.05, 0) is 6.42 Å². The van der Waals surface area contributed by atoms with Gasteiger partial charge in [-0.2, -0.15) is 0 Å². The zero-order valence-electron chi connectivity index (χ0n) is 8.60. The van der Waals surface area contributed by atoms with Crippen molar-refractivity contribution in [2.45, 2.75) is 40.0 Å². The summed E-state index contributed by atoms with van der Waals surface area (Å²) >= 11 is 0. The Labute approximate surface area is 75.9 Å². The van der Waals surface area contributed by atoms with E-state index in [0.29, 0.717) is 0 Å². The topological polar surface area (TPSA) is 29.5 Å². The molecule has 0 aliphatic carbocycles. The van der Waals surface area contributed by atoms with Crippen LogP contribution in [0.5, 0.6) is 0 Å². The predicted octanol–water partition coefficient (Wildman–Crippen LogP) is 2.21. The number of hydrogen-bond donors (Lipinski definition) is 1. The van der Waals surface area contributed by atoms with Gasteiger partial charge in [0, 0.05) is 5.41 Å². The van der Waals surface area contributed by atoms with Crippen LogP contribution in [0.4, 0.5) is 0 Å². The van der Waals surface area contributed by atoms with Gasteiger partial charge in [0.2, 0.25) is 0 Å². The first-order chi connectivity index (χ1) is 5.74. The molecule has 0 spiro atoms. The van der Waals surface area contributed by atoms with Crippen LogP contribution in [0.1, 0.15) is 40.0 Å². The first-order valence-corrected chi connectivity index (χ1v) is 4.93. The van der Waals surface area contributed by atoms with Crippen molar-refractivity contribution >= 4 is 0 Å². The molecule has 0 aromatic carbocycles. The lowest BCUT2D eigenvalue weighted by Crippen LogP contribution is -2.44. The molecule has 0 bridgehead atoms. The quantitative estimate of drug-likeness (QED) is 0.711. The van der Waals surface area contributed by atoms with Crippen LogP contribution in [-0.4, -0.2) is 24.9 Å². The van der Waals surface area contributed by atoms with Gasteiger partial charge < -0.3 is 9.84 Å². The molecule has 1 rings (SSSR count). The molecule has 1 heterocycles. The molecule has 0 atom stereocenters. The van der Waals surface area contributed by atoms with Crippen molar-refractivity contribution in [1.82, 2.24) is 0 Å². The second kappa shape index (κ2) is 6.44. The molecule has 0 aromatic heterocycles. The molecule has 12 heavy (non-hydrogen) atoms. The standard InChI is InChI=1S/C6H12O2.C4H10/c1-2-6(3-7)4-8-5-6;1-3-4-2/h7H,2-5H2,1H3;3-4H2,1-2H3. The molecule has 1 fully saturated rings. The SMILES string of the molecule is CCC1(CO)COC1.CCCC. The van der Waals surface area contributed by atoms with Crippen molar-refractivity contribution in [1.29, 1.82) is 0 Å². The monoisotopic (exact) mass is 174 g/mol. The van der Waals surface area contributed by atoms with Crippen LogP contribution in [0.2, 0.25) is 0 Å². The third kappa shape index (κ3) is 3.55. The van der Waals surface area contributed by atoms with Crippen molar-refractivity contribution in [3.8, 4) is 0 Å². The maximum atomic E-state index is 8.76. The largest absolute Gasteiger partial charge is 0.396 e. The Kier molecular flexibility index (Phi) is 6.39. The van der Waals surface area contributed by atoms with E-state index in [0.717, 1.165) is 19.6 Å². The number of rotatable bonds is 3. The number of unbranched alkanes of at least 4 members (excludes halogenated alkanes) is 1. The smallest absolute Gasteiger partial charge is 0.0566 e. The van der Waals surface area contributed by atoms with Crippen molar-refractivity contribution in [3.05, 3.63) is 0 Å². The average Bonchev–Trinajstić information content (AvgIpc) is 2.05. The van der Waals surface area contributed by atoms with E-state index in [4.69, 9.17) is 9.84 Å². The number of aliphatic hydroxyl groups is 1. The molecular weight excluding hydrogens is 152 g/mol. The lowest BCUT2D eigenvalue weighted by Gasteiger charge is -2.38. The van der Waals surface area contributed by atoms with Crippen LogP contribution in [-0.2, 0) is 4.74 Å². The summed E-state index contributed by atoms with van der Waals surface area (Å²) in [5, 5.41) is 8.76. The summed E-state index contributed by atoms with van der Waals surface area (Å²) in [4.78, 5) is 0. The summed E-state index contributed by atoms with van der Waals surface area (Å²) in [6.45, 7) is 8.22. The minimum Gasteiger partial charge on any atom is -0.396 e. The molecule has 1 aliphatic rings. The van der Waals surface area contributed by atoms with Crippen LogP contribution in [0.15, 0.2) is 0 Å². The third-order valence-corrected chi connectivity index (χ3v) is 2.40. The van der Waals surface area contributed by atoms with E-state index in [-0.39, 0.29) is 12.0 Å².